The zero-order valence-corrected chi connectivity index (χ0v) is 16.9. The first-order chi connectivity index (χ1) is 15.4. The summed E-state index contributed by atoms with van der Waals surface area (Å²) in [6, 6.07) is 18.9. The molecule has 0 fully saturated rings. The Kier molecular flexibility index (Phi) is 4.37. The van der Waals surface area contributed by atoms with Crippen molar-refractivity contribution >= 4 is 39.0 Å². The lowest BCUT2D eigenvalue weighted by molar-refractivity contribution is -0.384. The Morgan fingerprint density at radius 1 is 1.03 bits per heavy atom. The van der Waals surface area contributed by atoms with Crippen LogP contribution in [0.25, 0.3) is 21.9 Å². The highest BCUT2D eigenvalue weighted by Crippen LogP contribution is 2.33. The first kappa shape index (κ1) is 19.3. The van der Waals surface area contributed by atoms with E-state index in [2.05, 4.69) is 9.97 Å². The highest BCUT2D eigenvalue weighted by molar-refractivity contribution is 6.22. The Hall–Kier alpha value is -4.66. The highest BCUT2D eigenvalue weighted by atomic mass is 16.6. The number of aromatic hydroxyl groups is 1. The van der Waals surface area contributed by atoms with Crippen LogP contribution in [0.5, 0.6) is 5.88 Å². The summed E-state index contributed by atoms with van der Waals surface area (Å²) in [6.45, 7) is 0. The van der Waals surface area contributed by atoms with Gasteiger partial charge in [0.2, 0.25) is 0 Å². The number of hydrogen-bond acceptors (Lipinski definition) is 5. The van der Waals surface area contributed by atoms with E-state index in [1.807, 2.05) is 30.3 Å². The molecular weight excluding hydrogens is 410 g/mol. The lowest BCUT2D eigenvalue weighted by Crippen LogP contribution is -2.11. The molecule has 0 aliphatic carbocycles. The number of aromatic nitrogens is 3. The smallest absolute Gasteiger partial charge is 0.326 e. The maximum atomic E-state index is 11.9. The molecule has 0 aliphatic heterocycles. The minimum absolute atomic E-state index is 0.0894. The molecule has 3 N–H and O–H groups in total. The van der Waals surface area contributed by atoms with E-state index in [0.717, 1.165) is 11.1 Å². The number of nitro groups is 1. The van der Waals surface area contributed by atoms with Crippen LogP contribution in [0.4, 0.5) is 11.4 Å². The molecule has 9 heteroatoms. The van der Waals surface area contributed by atoms with Crippen molar-refractivity contribution in [3.05, 3.63) is 98.5 Å². The second-order valence-corrected chi connectivity index (χ2v) is 7.35. The van der Waals surface area contributed by atoms with Crippen LogP contribution in [0.2, 0.25) is 0 Å². The highest BCUT2D eigenvalue weighted by Gasteiger charge is 2.21. The van der Waals surface area contributed by atoms with E-state index in [1.165, 1.54) is 16.7 Å². The summed E-state index contributed by atoms with van der Waals surface area (Å²) < 4.78 is 1.51. The van der Waals surface area contributed by atoms with Gasteiger partial charge in [-0.3, -0.25) is 14.7 Å². The Morgan fingerprint density at radius 3 is 2.56 bits per heavy atom. The van der Waals surface area contributed by atoms with E-state index in [1.54, 1.807) is 31.3 Å². The Balaban J connectivity index is 1.78. The fourth-order valence-corrected chi connectivity index (χ4v) is 3.80. The third-order valence-electron chi connectivity index (χ3n) is 5.39. The van der Waals surface area contributed by atoms with Gasteiger partial charge in [0.1, 0.15) is 0 Å². The normalized spacial score (nSPS) is 12.0. The second-order valence-electron chi connectivity index (χ2n) is 7.35. The van der Waals surface area contributed by atoms with Gasteiger partial charge in [0.05, 0.1) is 32.9 Å². The molecule has 0 atom stereocenters. The number of non-ortho nitro benzene ring substituents is 1. The lowest BCUT2D eigenvalue weighted by atomic mass is 10.0. The number of H-pyrrole nitrogens is 2. The van der Waals surface area contributed by atoms with Gasteiger partial charge in [-0.2, -0.15) is 0 Å². The van der Waals surface area contributed by atoms with Crippen molar-refractivity contribution in [3.63, 3.8) is 0 Å². The standard InChI is InChI=1S/C23H17N5O4/c1-27-19-10-7-14(11-18(19)26-23(27)30)24-21(13-5-3-2-4-6-13)20-16-12-15(28(31)32)8-9-17(16)25-22(20)29/h2-12,25,29H,1H3,(H,26,30). The average Bonchev–Trinajstić information content (AvgIpc) is 3.26. The molecule has 3 aromatic carbocycles. The Morgan fingerprint density at radius 2 is 1.81 bits per heavy atom. The van der Waals surface area contributed by atoms with E-state index in [0.29, 0.717) is 33.4 Å². The number of nitro benzene ring substituents is 1. The van der Waals surface area contributed by atoms with Crippen LogP contribution in [-0.2, 0) is 7.05 Å². The van der Waals surface area contributed by atoms with Crippen LogP contribution in [0.3, 0.4) is 0 Å². The first-order valence-corrected chi connectivity index (χ1v) is 9.74. The zero-order valence-electron chi connectivity index (χ0n) is 16.9. The SMILES string of the molecule is Cn1c(=O)[nH]c2cc(N=C(c3ccccc3)c3c(O)[nH]c4ccc([N+](=O)[O-])cc34)ccc21. The van der Waals surface area contributed by atoms with Crippen LogP contribution in [-0.4, -0.2) is 30.3 Å². The number of aliphatic imine (C=N–C) groups is 1. The number of imidazole rings is 1. The summed E-state index contributed by atoms with van der Waals surface area (Å²) in [4.78, 5) is 33.2. The predicted molar refractivity (Wildman–Crippen MR) is 122 cm³/mol. The van der Waals surface area contributed by atoms with Crippen molar-refractivity contribution < 1.29 is 10.0 Å². The van der Waals surface area contributed by atoms with E-state index in [4.69, 9.17) is 4.99 Å². The molecular formula is C23H17N5O4. The number of hydrogen-bond donors (Lipinski definition) is 3. The number of aryl methyl sites for hydroxylation is 1. The zero-order chi connectivity index (χ0) is 22.4. The number of nitrogens with zero attached hydrogens (tertiary/aromatic N) is 3. The van der Waals surface area contributed by atoms with Crippen LogP contribution >= 0.6 is 0 Å². The number of fused-ring (bicyclic) bond motifs is 2. The molecule has 0 aliphatic rings. The van der Waals surface area contributed by atoms with Crippen molar-refractivity contribution in [2.24, 2.45) is 12.0 Å². The average molecular weight is 427 g/mol. The summed E-state index contributed by atoms with van der Waals surface area (Å²) in [5.74, 6) is -0.141. The minimum Gasteiger partial charge on any atom is -0.494 e. The van der Waals surface area contributed by atoms with Gasteiger partial charge in [0, 0.05) is 35.6 Å². The van der Waals surface area contributed by atoms with Crippen molar-refractivity contribution in [1.82, 2.24) is 14.5 Å². The monoisotopic (exact) mass is 427 g/mol. The van der Waals surface area contributed by atoms with Crippen molar-refractivity contribution in [3.8, 4) is 5.88 Å². The lowest BCUT2D eigenvalue weighted by Gasteiger charge is -2.08. The molecule has 158 valence electrons. The van der Waals surface area contributed by atoms with E-state index < -0.39 is 4.92 Å². The maximum absolute atomic E-state index is 11.9. The number of benzene rings is 3. The molecule has 2 aromatic heterocycles. The van der Waals surface area contributed by atoms with Crippen LogP contribution < -0.4 is 5.69 Å². The predicted octanol–water partition coefficient (Wildman–Crippen LogP) is 4.13. The van der Waals surface area contributed by atoms with Gasteiger partial charge in [-0.15, -0.1) is 0 Å². The molecule has 0 saturated heterocycles. The van der Waals surface area contributed by atoms with E-state index in [-0.39, 0.29) is 17.3 Å². The third-order valence-corrected chi connectivity index (χ3v) is 5.39. The summed E-state index contributed by atoms with van der Waals surface area (Å²) in [5, 5.41) is 22.5. The molecule has 0 spiro atoms. The van der Waals surface area contributed by atoms with Gasteiger partial charge in [-0.05, 0) is 24.3 Å². The fourth-order valence-electron chi connectivity index (χ4n) is 3.80. The molecule has 0 amide bonds. The number of aromatic amines is 2. The maximum Gasteiger partial charge on any atom is 0.326 e. The number of rotatable bonds is 4. The van der Waals surface area contributed by atoms with Crippen LogP contribution in [0.15, 0.2) is 76.5 Å². The Labute approximate surface area is 180 Å². The van der Waals surface area contributed by atoms with Crippen molar-refractivity contribution in [2.75, 3.05) is 0 Å². The van der Waals surface area contributed by atoms with E-state index >= 15 is 0 Å². The first-order valence-electron chi connectivity index (χ1n) is 9.74. The molecule has 2 heterocycles. The van der Waals surface area contributed by atoms with Crippen molar-refractivity contribution in [1.29, 1.82) is 0 Å². The largest absolute Gasteiger partial charge is 0.494 e. The van der Waals surface area contributed by atoms with Gasteiger partial charge < -0.3 is 15.1 Å². The molecule has 0 bridgehead atoms. The third kappa shape index (κ3) is 3.12. The van der Waals surface area contributed by atoms with Gasteiger partial charge in [-0.25, -0.2) is 9.79 Å². The fraction of sp³-hybridized carbons (Fsp3) is 0.0435. The Bertz CT molecular complexity index is 1590. The number of nitrogens with one attached hydrogen (secondary N) is 2. The summed E-state index contributed by atoms with van der Waals surface area (Å²) >= 11 is 0. The van der Waals surface area contributed by atoms with Crippen molar-refractivity contribution in [2.45, 2.75) is 0 Å². The van der Waals surface area contributed by atoms with Gasteiger partial charge in [0.15, 0.2) is 5.88 Å². The topological polar surface area (TPSA) is 129 Å². The van der Waals surface area contributed by atoms with Crippen LogP contribution in [0.1, 0.15) is 11.1 Å². The summed E-state index contributed by atoms with van der Waals surface area (Å²) in [5.41, 5.74) is 3.66. The molecule has 5 rings (SSSR count). The molecule has 9 nitrogen and oxygen atoms in total. The molecule has 32 heavy (non-hydrogen) atoms. The van der Waals surface area contributed by atoms with Crippen LogP contribution in [0, 0.1) is 10.1 Å². The second kappa shape index (κ2) is 7.24. The minimum atomic E-state index is -0.480. The quantitative estimate of drug-likeness (QED) is 0.226. The molecule has 5 aromatic rings. The summed E-state index contributed by atoms with van der Waals surface area (Å²) in [6.07, 6.45) is 0. The van der Waals surface area contributed by atoms with Gasteiger partial charge >= 0.3 is 5.69 Å². The van der Waals surface area contributed by atoms with Gasteiger partial charge in [-0.1, -0.05) is 30.3 Å². The molecule has 0 saturated carbocycles. The van der Waals surface area contributed by atoms with E-state index in [9.17, 15) is 20.0 Å². The van der Waals surface area contributed by atoms with Gasteiger partial charge in [0.25, 0.3) is 5.69 Å². The molecule has 0 unspecified atom stereocenters. The molecule has 0 radical (unpaired) electrons. The summed E-state index contributed by atoms with van der Waals surface area (Å²) in [7, 11) is 1.68.